The minimum atomic E-state index is -3.71. The summed E-state index contributed by atoms with van der Waals surface area (Å²) >= 11 is 9.53. The van der Waals surface area contributed by atoms with Gasteiger partial charge in [0.15, 0.2) is 0 Å². The first-order valence-corrected chi connectivity index (χ1v) is 9.54. The van der Waals surface area contributed by atoms with E-state index in [-0.39, 0.29) is 15.9 Å². The summed E-state index contributed by atoms with van der Waals surface area (Å²) in [5, 5.41) is 10.7. The van der Waals surface area contributed by atoms with Crippen LogP contribution in [0.3, 0.4) is 0 Å². The van der Waals surface area contributed by atoms with Crippen LogP contribution in [0.5, 0.6) is 0 Å². The summed E-state index contributed by atoms with van der Waals surface area (Å²) in [5.74, 6) is 0. The number of hydrogen-bond donors (Lipinski definition) is 0. The van der Waals surface area contributed by atoms with Crippen molar-refractivity contribution in [3.63, 3.8) is 0 Å². The molecule has 2 rings (SSSR count). The molecule has 0 aliphatic carbocycles. The monoisotopic (exact) mass is 395 g/mol. The Morgan fingerprint density at radius 1 is 0.913 bits per heavy atom. The first kappa shape index (κ1) is 19.7. The highest BCUT2D eigenvalue weighted by Gasteiger charge is 2.09. The second-order valence-electron chi connectivity index (χ2n) is 4.28. The quantitative estimate of drug-likeness (QED) is 0.329. The SMILES string of the molecule is ClCCl.O=[N+]([O-])c1ccc(Cc2ccc(S(=O)(=O)Cl)cc2)cc1. The van der Waals surface area contributed by atoms with Crippen LogP contribution in [0.1, 0.15) is 11.1 Å². The fraction of sp³-hybridized carbons (Fsp3) is 0.143. The number of benzene rings is 2. The van der Waals surface area contributed by atoms with Gasteiger partial charge in [0.25, 0.3) is 14.7 Å². The fourth-order valence-electron chi connectivity index (χ4n) is 1.74. The van der Waals surface area contributed by atoms with Gasteiger partial charge in [-0.25, -0.2) is 8.42 Å². The molecule has 0 unspecified atom stereocenters. The number of nitrogens with zero attached hydrogens (tertiary/aromatic N) is 1. The normalized spacial score (nSPS) is 10.6. The van der Waals surface area contributed by atoms with Gasteiger partial charge < -0.3 is 0 Å². The third-order valence-electron chi connectivity index (χ3n) is 2.76. The van der Waals surface area contributed by atoms with Gasteiger partial charge in [0.05, 0.1) is 15.2 Å². The summed E-state index contributed by atoms with van der Waals surface area (Å²) < 4.78 is 22.2. The Morgan fingerprint density at radius 3 is 1.65 bits per heavy atom. The topological polar surface area (TPSA) is 77.3 Å². The molecule has 0 radical (unpaired) electrons. The minimum Gasteiger partial charge on any atom is -0.258 e. The molecule has 2 aromatic carbocycles. The third-order valence-corrected chi connectivity index (χ3v) is 4.13. The maximum absolute atomic E-state index is 11.1. The zero-order chi connectivity index (χ0) is 17.5. The predicted molar refractivity (Wildman–Crippen MR) is 92.0 cm³/mol. The van der Waals surface area contributed by atoms with E-state index in [2.05, 4.69) is 0 Å². The van der Waals surface area contributed by atoms with E-state index in [4.69, 9.17) is 33.9 Å². The molecule has 0 aromatic heterocycles. The Hall–Kier alpha value is -1.34. The average Bonchev–Trinajstić information content (AvgIpc) is 2.48. The summed E-state index contributed by atoms with van der Waals surface area (Å²) in [5.41, 5.74) is 1.83. The maximum atomic E-state index is 11.1. The van der Waals surface area contributed by atoms with Gasteiger partial charge in [-0.3, -0.25) is 10.1 Å². The lowest BCUT2D eigenvalue weighted by Gasteiger charge is -2.03. The van der Waals surface area contributed by atoms with Crippen LogP contribution in [-0.4, -0.2) is 18.7 Å². The highest BCUT2D eigenvalue weighted by Crippen LogP contribution is 2.18. The van der Waals surface area contributed by atoms with Crippen molar-refractivity contribution in [3.05, 3.63) is 69.8 Å². The summed E-state index contributed by atoms with van der Waals surface area (Å²) in [4.78, 5) is 10.1. The number of rotatable bonds is 4. The van der Waals surface area contributed by atoms with Crippen LogP contribution in [0.15, 0.2) is 53.4 Å². The molecule has 0 N–H and O–H groups in total. The third kappa shape index (κ3) is 6.74. The summed E-state index contributed by atoms with van der Waals surface area (Å²) in [6, 6.07) is 12.4. The summed E-state index contributed by atoms with van der Waals surface area (Å²) in [6.07, 6.45) is 0.556. The van der Waals surface area contributed by atoms with E-state index in [1.807, 2.05) is 0 Å². The van der Waals surface area contributed by atoms with Crippen molar-refractivity contribution < 1.29 is 13.3 Å². The van der Waals surface area contributed by atoms with E-state index in [0.29, 0.717) is 6.42 Å². The largest absolute Gasteiger partial charge is 0.269 e. The van der Waals surface area contributed by atoms with E-state index in [9.17, 15) is 18.5 Å². The number of halogens is 3. The van der Waals surface area contributed by atoms with Gasteiger partial charge in [-0.1, -0.05) is 24.3 Å². The molecule has 9 heteroatoms. The van der Waals surface area contributed by atoms with Crippen molar-refractivity contribution in [2.75, 3.05) is 5.34 Å². The lowest BCUT2D eigenvalue weighted by atomic mass is 10.1. The summed E-state index contributed by atoms with van der Waals surface area (Å²) in [6.45, 7) is 0. The first-order valence-electron chi connectivity index (χ1n) is 6.16. The standard InChI is InChI=1S/C13H10ClNO4S.CH2Cl2/c14-20(18,19)13-7-3-11(4-8-13)9-10-1-5-12(6-2-10)15(16)17;2-1-3/h1-8H,9H2;1H2. The molecule has 0 atom stereocenters. The molecule has 0 bridgehead atoms. The van der Waals surface area contributed by atoms with Gasteiger partial charge in [0.2, 0.25) is 0 Å². The van der Waals surface area contributed by atoms with E-state index in [1.165, 1.54) is 24.3 Å². The van der Waals surface area contributed by atoms with Crippen molar-refractivity contribution in [1.29, 1.82) is 0 Å². The number of alkyl halides is 2. The van der Waals surface area contributed by atoms with Crippen molar-refractivity contribution in [2.24, 2.45) is 0 Å². The van der Waals surface area contributed by atoms with Crippen LogP contribution in [0, 0.1) is 10.1 Å². The van der Waals surface area contributed by atoms with E-state index in [1.54, 1.807) is 24.3 Å². The molecule has 0 fully saturated rings. The highest BCUT2D eigenvalue weighted by molar-refractivity contribution is 8.13. The Balaban J connectivity index is 0.000000816. The van der Waals surface area contributed by atoms with Crippen LogP contribution in [0.4, 0.5) is 5.69 Å². The smallest absolute Gasteiger partial charge is 0.258 e. The van der Waals surface area contributed by atoms with Crippen LogP contribution in [0.2, 0.25) is 0 Å². The minimum absolute atomic E-state index is 0.0392. The van der Waals surface area contributed by atoms with Crippen LogP contribution >= 0.6 is 33.9 Å². The molecule has 0 heterocycles. The second kappa shape index (κ2) is 9.08. The van der Waals surface area contributed by atoms with Crippen molar-refractivity contribution in [3.8, 4) is 0 Å². The van der Waals surface area contributed by atoms with E-state index in [0.717, 1.165) is 11.1 Å². The van der Waals surface area contributed by atoms with E-state index >= 15 is 0 Å². The predicted octanol–water partition coefficient (Wildman–Crippen LogP) is 4.53. The molecule has 0 aliphatic heterocycles. The molecule has 0 amide bonds. The Kier molecular flexibility index (Phi) is 7.78. The van der Waals surface area contributed by atoms with Crippen molar-refractivity contribution >= 4 is 48.6 Å². The molecular formula is C14H12Cl3NO4S. The zero-order valence-corrected chi connectivity index (χ0v) is 14.7. The van der Waals surface area contributed by atoms with Gasteiger partial charge in [0.1, 0.15) is 0 Å². The Morgan fingerprint density at radius 2 is 1.30 bits per heavy atom. The molecule has 23 heavy (non-hydrogen) atoms. The maximum Gasteiger partial charge on any atom is 0.269 e. The molecule has 0 saturated carbocycles. The van der Waals surface area contributed by atoms with Gasteiger partial charge in [-0.05, 0) is 29.7 Å². The van der Waals surface area contributed by atoms with Crippen LogP contribution < -0.4 is 0 Å². The zero-order valence-electron chi connectivity index (χ0n) is 11.7. The fourth-order valence-corrected chi connectivity index (χ4v) is 2.51. The van der Waals surface area contributed by atoms with Gasteiger partial charge in [0, 0.05) is 22.8 Å². The van der Waals surface area contributed by atoms with Crippen molar-refractivity contribution in [1.82, 2.24) is 0 Å². The number of non-ortho nitro benzene ring substituents is 1. The molecule has 0 spiro atoms. The van der Waals surface area contributed by atoms with Crippen LogP contribution in [-0.2, 0) is 15.5 Å². The second-order valence-corrected chi connectivity index (χ2v) is 7.66. The lowest BCUT2D eigenvalue weighted by Crippen LogP contribution is -1.93. The lowest BCUT2D eigenvalue weighted by molar-refractivity contribution is -0.384. The molecular weight excluding hydrogens is 385 g/mol. The number of nitro benzene ring substituents is 1. The molecule has 0 saturated heterocycles. The molecule has 5 nitrogen and oxygen atoms in total. The van der Waals surface area contributed by atoms with Crippen LogP contribution in [0.25, 0.3) is 0 Å². The Labute approximate surface area is 148 Å². The van der Waals surface area contributed by atoms with E-state index < -0.39 is 14.0 Å². The average molecular weight is 397 g/mol. The Bertz CT molecular complexity index is 747. The van der Waals surface area contributed by atoms with Gasteiger partial charge in [-0.2, -0.15) is 0 Å². The molecule has 2 aromatic rings. The molecule has 124 valence electrons. The van der Waals surface area contributed by atoms with Gasteiger partial charge >= 0.3 is 0 Å². The number of hydrogen-bond acceptors (Lipinski definition) is 4. The van der Waals surface area contributed by atoms with Crippen molar-refractivity contribution in [2.45, 2.75) is 11.3 Å². The first-order chi connectivity index (χ1) is 10.8. The summed E-state index contributed by atoms with van der Waals surface area (Å²) in [7, 11) is 1.52. The number of nitro groups is 1. The van der Waals surface area contributed by atoms with Gasteiger partial charge in [-0.15, -0.1) is 23.2 Å². The molecule has 0 aliphatic rings. The highest BCUT2D eigenvalue weighted by atomic mass is 35.7.